The van der Waals surface area contributed by atoms with Gasteiger partial charge in [0.1, 0.15) is 5.69 Å². The zero-order chi connectivity index (χ0) is 17.1. The number of esters is 1. The van der Waals surface area contributed by atoms with Gasteiger partial charge in [0, 0.05) is 11.1 Å². The van der Waals surface area contributed by atoms with Crippen LogP contribution in [0.5, 0.6) is 0 Å². The van der Waals surface area contributed by atoms with Gasteiger partial charge in [-0.3, -0.25) is 4.79 Å². The summed E-state index contributed by atoms with van der Waals surface area (Å²) in [7, 11) is 1.30. The van der Waals surface area contributed by atoms with Crippen molar-refractivity contribution >= 4 is 28.9 Å². The van der Waals surface area contributed by atoms with E-state index in [1.165, 1.54) is 24.5 Å². The monoisotopic (exact) mass is 342 g/mol. The van der Waals surface area contributed by atoms with E-state index in [1.807, 2.05) is 12.3 Å². The molecule has 2 aromatic heterocycles. The van der Waals surface area contributed by atoms with E-state index >= 15 is 0 Å². The number of thiazole rings is 1. The molecule has 3 rings (SSSR count). The lowest BCUT2D eigenvalue weighted by atomic mass is 10.2. The molecular formula is C17H14N2O4S. The SMILES string of the molecule is COC(=O)c1cccc(NC(=O)c2ccc(-c3csc(C)n3)o2)c1. The summed E-state index contributed by atoms with van der Waals surface area (Å²) in [4.78, 5) is 28.1. The third kappa shape index (κ3) is 3.36. The summed E-state index contributed by atoms with van der Waals surface area (Å²) < 4.78 is 10.2. The van der Waals surface area contributed by atoms with Crippen LogP contribution < -0.4 is 5.32 Å². The van der Waals surface area contributed by atoms with Crippen LogP contribution in [0.2, 0.25) is 0 Å². The van der Waals surface area contributed by atoms with E-state index in [4.69, 9.17) is 4.42 Å². The fourth-order valence-corrected chi connectivity index (χ4v) is 2.71. The van der Waals surface area contributed by atoms with Crippen molar-refractivity contribution in [2.75, 3.05) is 12.4 Å². The van der Waals surface area contributed by atoms with Crippen LogP contribution >= 0.6 is 11.3 Å². The number of rotatable bonds is 4. The van der Waals surface area contributed by atoms with Crippen LogP contribution in [0.15, 0.2) is 46.2 Å². The number of nitrogens with one attached hydrogen (secondary N) is 1. The first-order chi connectivity index (χ1) is 11.6. The highest BCUT2D eigenvalue weighted by Crippen LogP contribution is 2.24. The second-order valence-electron chi connectivity index (χ2n) is 4.94. The van der Waals surface area contributed by atoms with Crippen molar-refractivity contribution in [3.05, 3.63) is 58.1 Å². The van der Waals surface area contributed by atoms with Crippen molar-refractivity contribution in [1.29, 1.82) is 0 Å². The zero-order valence-electron chi connectivity index (χ0n) is 13.0. The molecule has 0 radical (unpaired) electrons. The van der Waals surface area contributed by atoms with Gasteiger partial charge in [-0.1, -0.05) is 6.07 Å². The molecule has 0 spiro atoms. The van der Waals surface area contributed by atoms with Gasteiger partial charge in [0.25, 0.3) is 5.91 Å². The molecular weight excluding hydrogens is 328 g/mol. The molecule has 7 heteroatoms. The lowest BCUT2D eigenvalue weighted by molar-refractivity contribution is 0.0600. The maximum absolute atomic E-state index is 12.3. The number of hydrogen-bond acceptors (Lipinski definition) is 6. The Morgan fingerprint density at radius 2 is 2.08 bits per heavy atom. The van der Waals surface area contributed by atoms with Crippen molar-refractivity contribution in [1.82, 2.24) is 4.98 Å². The smallest absolute Gasteiger partial charge is 0.337 e. The van der Waals surface area contributed by atoms with E-state index in [0.717, 1.165) is 5.01 Å². The Morgan fingerprint density at radius 3 is 2.79 bits per heavy atom. The number of carbonyl (C=O) groups is 2. The Morgan fingerprint density at radius 1 is 1.25 bits per heavy atom. The predicted molar refractivity (Wildman–Crippen MR) is 90.3 cm³/mol. The molecule has 24 heavy (non-hydrogen) atoms. The number of ether oxygens (including phenoxy) is 1. The molecule has 1 N–H and O–H groups in total. The summed E-state index contributed by atoms with van der Waals surface area (Å²) in [5.74, 6) is -0.174. The normalized spacial score (nSPS) is 10.4. The molecule has 0 fully saturated rings. The minimum Gasteiger partial charge on any atom is -0.465 e. The predicted octanol–water partition coefficient (Wildman–Crippen LogP) is 3.75. The largest absolute Gasteiger partial charge is 0.465 e. The Balaban J connectivity index is 1.76. The van der Waals surface area contributed by atoms with Crippen molar-refractivity contribution in [3.63, 3.8) is 0 Å². The van der Waals surface area contributed by atoms with E-state index in [1.54, 1.807) is 30.3 Å². The molecule has 0 aliphatic rings. The molecule has 0 atom stereocenters. The summed E-state index contributed by atoms with van der Waals surface area (Å²) >= 11 is 1.51. The lowest BCUT2D eigenvalue weighted by Gasteiger charge is -2.05. The minimum absolute atomic E-state index is 0.166. The van der Waals surface area contributed by atoms with Gasteiger partial charge in [-0.2, -0.15) is 0 Å². The minimum atomic E-state index is -0.467. The molecule has 0 saturated carbocycles. The van der Waals surface area contributed by atoms with E-state index in [2.05, 4.69) is 15.0 Å². The Labute approximate surface area is 142 Å². The molecule has 0 aliphatic heterocycles. The third-order valence-electron chi connectivity index (χ3n) is 3.24. The maximum atomic E-state index is 12.3. The Hall–Kier alpha value is -2.93. The van der Waals surface area contributed by atoms with Crippen molar-refractivity contribution in [2.45, 2.75) is 6.92 Å². The van der Waals surface area contributed by atoms with Crippen molar-refractivity contribution in [2.24, 2.45) is 0 Å². The molecule has 2 heterocycles. The number of methoxy groups -OCH3 is 1. The van der Waals surface area contributed by atoms with Gasteiger partial charge in [-0.15, -0.1) is 11.3 Å². The number of nitrogens with zero attached hydrogens (tertiary/aromatic N) is 1. The molecule has 1 aromatic carbocycles. The molecule has 3 aromatic rings. The Bertz CT molecular complexity index is 897. The quantitative estimate of drug-likeness (QED) is 0.730. The molecule has 0 saturated heterocycles. The summed E-state index contributed by atoms with van der Waals surface area (Å²) in [6.45, 7) is 1.90. The van der Waals surface area contributed by atoms with Crippen molar-refractivity contribution < 1.29 is 18.7 Å². The average molecular weight is 342 g/mol. The van der Waals surface area contributed by atoms with Crippen molar-refractivity contribution in [3.8, 4) is 11.5 Å². The van der Waals surface area contributed by atoms with Crippen LogP contribution in [0.4, 0.5) is 5.69 Å². The first-order valence-corrected chi connectivity index (χ1v) is 7.97. The summed E-state index contributed by atoms with van der Waals surface area (Å²) in [6.07, 6.45) is 0. The number of anilines is 1. The number of furan rings is 1. The fourth-order valence-electron chi connectivity index (χ4n) is 2.11. The first-order valence-electron chi connectivity index (χ1n) is 7.09. The van der Waals surface area contributed by atoms with Gasteiger partial charge in [0.2, 0.25) is 0 Å². The summed E-state index contributed by atoms with van der Waals surface area (Å²) in [5.41, 5.74) is 1.53. The number of hydrogen-bond donors (Lipinski definition) is 1. The van der Waals surface area contributed by atoms with Crippen LogP contribution in [0.3, 0.4) is 0 Å². The van der Waals surface area contributed by atoms with Gasteiger partial charge < -0.3 is 14.5 Å². The topological polar surface area (TPSA) is 81.4 Å². The van der Waals surface area contributed by atoms with Gasteiger partial charge >= 0.3 is 5.97 Å². The van der Waals surface area contributed by atoms with Gasteiger partial charge in [-0.05, 0) is 37.3 Å². The Kier molecular flexibility index (Phi) is 4.43. The number of amides is 1. The highest BCUT2D eigenvalue weighted by Gasteiger charge is 2.15. The average Bonchev–Trinajstić information content (AvgIpc) is 3.23. The standard InChI is InChI=1S/C17H14N2O4S/c1-10-18-13(9-24-10)14-6-7-15(23-14)16(20)19-12-5-3-4-11(8-12)17(21)22-2/h3-9H,1-2H3,(H,19,20). The molecule has 122 valence electrons. The number of carbonyl (C=O) groups excluding carboxylic acids is 2. The fraction of sp³-hybridized carbons (Fsp3) is 0.118. The molecule has 0 unspecified atom stereocenters. The highest BCUT2D eigenvalue weighted by molar-refractivity contribution is 7.09. The third-order valence-corrected chi connectivity index (χ3v) is 4.02. The van der Waals surface area contributed by atoms with Crippen LogP contribution in [0.1, 0.15) is 25.9 Å². The number of aryl methyl sites for hydroxylation is 1. The molecule has 1 amide bonds. The van der Waals surface area contributed by atoms with Gasteiger partial charge in [0.05, 0.1) is 17.7 Å². The van der Waals surface area contributed by atoms with Gasteiger partial charge in [-0.25, -0.2) is 9.78 Å². The second kappa shape index (κ2) is 6.67. The number of aromatic nitrogens is 1. The van der Waals surface area contributed by atoms with Crippen LogP contribution in [0.25, 0.3) is 11.5 Å². The molecule has 0 aliphatic carbocycles. The maximum Gasteiger partial charge on any atom is 0.337 e. The summed E-state index contributed by atoms with van der Waals surface area (Å²) in [5, 5.41) is 5.48. The van der Waals surface area contributed by atoms with E-state index < -0.39 is 11.9 Å². The van der Waals surface area contributed by atoms with E-state index in [9.17, 15) is 9.59 Å². The second-order valence-corrected chi connectivity index (χ2v) is 6.00. The van der Waals surface area contributed by atoms with E-state index in [0.29, 0.717) is 22.7 Å². The lowest BCUT2D eigenvalue weighted by Crippen LogP contribution is -2.11. The number of benzene rings is 1. The zero-order valence-corrected chi connectivity index (χ0v) is 13.8. The first kappa shape index (κ1) is 15.9. The van der Waals surface area contributed by atoms with E-state index in [-0.39, 0.29) is 5.76 Å². The van der Waals surface area contributed by atoms with Crippen LogP contribution in [0, 0.1) is 6.92 Å². The molecule has 0 bridgehead atoms. The van der Waals surface area contributed by atoms with Gasteiger partial charge in [0.15, 0.2) is 11.5 Å². The summed E-state index contributed by atoms with van der Waals surface area (Å²) in [6, 6.07) is 9.78. The highest BCUT2D eigenvalue weighted by atomic mass is 32.1. The van der Waals surface area contributed by atoms with Crippen LogP contribution in [-0.2, 0) is 4.74 Å². The van der Waals surface area contributed by atoms with Crippen LogP contribution in [-0.4, -0.2) is 24.0 Å². The molecule has 6 nitrogen and oxygen atoms in total.